The maximum absolute atomic E-state index is 6.25. The summed E-state index contributed by atoms with van der Waals surface area (Å²) in [6.07, 6.45) is 2.48. The molecule has 0 saturated carbocycles. The molecule has 0 radical (unpaired) electrons. The molecule has 2 aromatic rings. The van der Waals surface area contributed by atoms with Crippen LogP contribution in [0.15, 0.2) is 30.5 Å². The van der Waals surface area contributed by atoms with Gasteiger partial charge in [0.1, 0.15) is 0 Å². The van der Waals surface area contributed by atoms with E-state index in [1.807, 2.05) is 7.05 Å². The van der Waals surface area contributed by atoms with Crippen LogP contribution < -0.4 is 5.32 Å². The number of pyridine rings is 1. The number of halogens is 2. The monoisotopic (exact) mass is 308 g/mol. The van der Waals surface area contributed by atoms with E-state index >= 15 is 0 Å². The number of aromatic nitrogens is 1. The lowest BCUT2D eigenvalue weighted by Gasteiger charge is -2.18. The normalized spacial score (nSPS) is 12.4. The smallest absolute Gasteiger partial charge is 0.0763 e. The quantitative estimate of drug-likeness (QED) is 0.899. The van der Waals surface area contributed by atoms with Gasteiger partial charge in [-0.25, -0.2) is 0 Å². The predicted octanol–water partition coefficient (Wildman–Crippen LogP) is 4.51. The van der Waals surface area contributed by atoms with Crippen molar-refractivity contribution in [1.29, 1.82) is 0 Å². The average Bonchev–Trinajstić information content (AvgIpc) is 2.40. The van der Waals surface area contributed by atoms with Gasteiger partial charge < -0.3 is 5.32 Å². The first-order valence-electron chi connectivity index (χ1n) is 6.55. The lowest BCUT2D eigenvalue weighted by atomic mass is 9.97. The van der Waals surface area contributed by atoms with E-state index in [4.69, 9.17) is 23.2 Å². The largest absolute Gasteiger partial charge is 0.311 e. The van der Waals surface area contributed by atoms with Crippen molar-refractivity contribution >= 4 is 23.2 Å². The van der Waals surface area contributed by atoms with Crippen LogP contribution in [0.5, 0.6) is 0 Å². The van der Waals surface area contributed by atoms with Gasteiger partial charge in [0.15, 0.2) is 0 Å². The lowest BCUT2D eigenvalue weighted by Crippen LogP contribution is -2.21. The van der Waals surface area contributed by atoms with Crippen LogP contribution in [0, 0.1) is 13.8 Å². The van der Waals surface area contributed by atoms with Crippen LogP contribution >= 0.6 is 23.2 Å². The van der Waals surface area contributed by atoms with Crippen molar-refractivity contribution in [2.24, 2.45) is 0 Å². The number of aryl methyl sites for hydroxylation is 2. The standard InChI is InChI=1S/C16H18Cl2N2/c1-10-4-5-11(2)12(6-10)7-15(19-3)16-14(18)8-13(17)9-20-16/h4-6,8-9,15,19H,7H2,1-3H3. The Balaban J connectivity index is 2.31. The molecule has 0 aliphatic carbocycles. The third-order valence-electron chi connectivity index (χ3n) is 3.44. The molecule has 0 spiro atoms. The van der Waals surface area contributed by atoms with E-state index in [1.165, 1.54) is 16.7 Å². The molecule has 1 atom stereocenters. The predicted molar refractivity (Wildman–Crippen MR) is 85.7 cm³/mol. The highest BCUT2D eigenvalue weighted by atomic mass is 35.5. The van der Waals surface area contributed by atoms with E-state index in [1.54, 1.807) is 12.3 Å². The van der Waals surface area contributed by atoms with Crippen molar-refractivity contribution in [3.8, 4) is 0 Å². The van der Waals surface area contributed by atoms with Crippen molar-refractivity contribution in [2.45, 2.75) is 26.3 Å². The molecule has 0 aliphatic rings. The summed E-state index contributed by atoms with van der Waals surface area (Å²) in [7, 11) is 1.92. The Labute approximate surface area is 130 Å². The average molecular weight is 309 g/mol. The molecule has 0 fully saturated rings. The molecule has 0 saturated heterocycles. The Morgan fingerprint density at radius 2 is 1.95 bits per heavy atom. The van der Waals surface area contributed by atoms with Gasteiger partial charge in [-0.15, -0.1) is 0 Å². The highest BCUT2D eigenvalue weighted by Gasteiger charge is 2.16. The second-order valence-corrected chi connectivity index (χ2v) is 5.84. The molecule has 0 bridgehead atoms. The summed E-state index contributed by atoms with van der Waals surface area (Å²) in [6, 6.07) is 8.29. The first kappa shape index (κ1) is 15.3. The molecular formula is C16H18Cl2N2. The molecule has 106 valence electrons. The summed E-state index contributed by atoms with van der Waals surface area (Å²) in [6.45, 7) is 4.23. The summed E-state index contributed by atoms with van der Waals surface area (Å²) in [5, 5.41) is 4.44. The summed E-state index contributed by atoms with van der Waals surface area (Å²) in [4.78, 5) is 4.37. The van der Waals surface area contributed by atoms with Crippen LogP contribution in [0.2, 0.25) is 10.0 Å². The van der Waals surface area contributed by atoms with Crippen LogP contribution in [-0.2, 0) is 6.42 Å². The van der Waals surface area contributed by atoms with E-state index in [2.05, 4.69) is 42.3 Å². The first-order chi connectivity index (χ1) is 9.51. The molecule has 4 heteroatoms. The molecule has 2 rings (SSSR count). The van der Waals surface area contributed by atoms with Gasteiger partial charge in [0.2, 0.25) is 0 Å². The molecule has 1 unspecified atom stereocenters. The molecule has 1 aromatic carbocycles. The van der Waals surface area contributed by atoms with E-state index in [9.17, 15) is 0 Å². The van der Waals surface area contributed by atoms with E-state index < -0.39 is 0 Å². The zero-order valence-electron chi connectivity index (χ0n) is 11.9. The Kier molecular flexibility index (Phi) is 5.03. The van der Waals surface area contributed by atoms with E-state index in [0.717, 1.165) is 12.1 Å². The Bertz CT molecular complexity index is 611. The second-order valence-electron chi connectivity index (χ2n) is 5.00. The van der Waals surface area contributed by atoms with Crippen LogP contribution in [0.4, 0.5) is 0 Å². The number of nitrogens with zero attached hydrogens (tertiary/aromatic N) is 1. The van der Waals surface area contributed by atoms with Crippen LogP contribution in [0.1, 0.15) is 28.4 Å². The zero-order valence-corrected chi connectivity index (χ0v) is 13.4. The van der Waals surface area contributed by atoms with Crippen molar-refractivity contribution in [1.82, 2.24) is 10.3 Å². The van der Waals surface area contributed by atoms with Crippen molar-refractivity contribution in [3.63, 3.8) is 0 Å². The minimum Gasteiger partial charge on any atom is -0.311 e. The van der Waals surface area contributed by atoms with Crippen molar-refractivity contribution in [2.75, 3.05) is 7.05 Å². The van der Waals surface area contributed by atoms with Crippen LogP contribution in [0.25, 0.3) is 0 Å². The number of nitrogens with one attached hydrogen (secondary N) is 1. The van der Waals surface area contributed by atoms with E-state index in [-0.39, 0.29) is 6.04 Å². The highest BCUT2D eigenvalue weighted by Crippen LogP contribution is 2.27. The van der Waals surface area contributed by atoms with Gasteiger partial charge in [-0.2, -0.15) is 0 Å². The van der Waals surface area contributed by atoms with Gasteiger partial charge >= 0.3 is 0 Å². The molecule has 0 amide bonds. The lowest BCUT2D eigenvalue weighted by molar-refractivity contribution is 0.575. The number of hydrogen-bond donors (Lipinski definition) is 1. The van der Waals surface area contributed by atoms with Gasteiger partial charge in [-0.05, 0) is 44.5 Å². The van der Waals surface area contributed by atoms with Gasteiger partial charge in [0, 0.05) is 6.20 Å². The third kappa shape index (κ3) is 3.51. The van der Waals surface area contributed by atoms with Gasteiger partial charge in [0.25, 0.3) is 0 Å². The Morgan fingerprint density at radius 3 is 2.60 bits per heavy atom. The van der Waals surface area contributed by atoms with Crippen molar-refractivity contribution in [3.05, 3.63) is 62.9 Å². The summed E-state index contributed by atoms with van der Waals surface area (Å²) >= 11 is 12.2. The number of hydrogen-bond acceptors (Lipinski definition) is 2. The van der Waals surface area contributed by atoms with E-state index in [0.29, 0.717) is 10.0 Å². The number of benzene rings is 1. The summed E-state index contributed by atoms with van der Waals surface area (Å²) in [5.74, 6) is 0. The summed E-state index contributed by atoms with van der Waals surface area (Å²) in [5.41, 5.74) is 4.67. The van der Waals surface area contributed by atoms with Gasteiger partial charge in [-0.1, -0.05) is 47.0 Å². The highest BCUT2D eigenvalue weighted by molar-refractivity contribution is 6.34. The first-order valence-corrected chi connectivity index (χ1v) is 7.31. The fraction of sp³-hybridized carbons (Fsp3) is 0.312. The second kappa shape index (κ2) is 6.57. The van der Waals surface area contributed by atoms with Gasteiger partial charge in [0.05, 0.1) is 21.8 Å². The molecule has 2 nitrogen and oxygen atoms in total. The van der Waals surface area contributed by atoms with Crippen molar-refractivity contribution < 1.29 is 0 Å². The topological polar surface area (TPSA) is 24.9 Å². The molecule has 1 aromatic heterocycles. The minimum atomic E-state index is 0.0697. The number of likely N-dealkylation sites (N-methyl/N-ethyl adjacent to an activating group) is 1. The van der Waals surface area contributed by atoms with Crippen LogP contribution in [-0.4, -0.2) is 12.0 Å². The molecule has 20 heavy (non-hydrogen) atoms. The Hall–Kier alpha value is -1.09. The zero-order chi connectivity index (χ0) is 14.7. The minimum absolute atomic E-state index is 0.0697. The Morgan fingerprint density at radius 1 is 1.20 bits per heavy atom. The fourth-order valence-corrected chi connectivity index (χ4v) is 2.77. The van der Waals surface area contributed by atoms with Gasteiger partial charge in [-0.3, -0.25) is 4.98 Å². The number of rotatable bonds is 4. The SMILES string of the molecule is CNC(Cc1cc(C)ccc1C)c1ncc(Cl)cc1Cl. The summed E-state index contributed by atoms with van der Waals surface area (Å²) < 4.78 is 0. The molecular weight excluding hydrogens is 291 g/mol. The maximum Gasteiger partial charge on any atom is 0.0763 e. The fourth-order valence-electron chi connectivity index (χ4n) is 2.26. The molecule has 1 N–H and O–H groups in total. The maximum atomic E-state index is 6.25. The van der Waals surface area contributed by atoms with Crippen LogP contribution in [0.3, 0.4) is 0 Å². The molecule has 0 aliphatic heterocycles. The molecule has 1 heterocycles. The third-order valence-corrected chi connectivity index (χ3v) is 3.95.